The molecule has 3 rings (SSSR count). The van der Waals surface area contributed by atoms with Crippen molar-refractivity contribution in [2.75, 3.05) is 0 Å². The number of hydrogen-bond acceptors (Lipinski definition) is 3. The molecule has 0 unspecified atom stereocenters. The number of para-hydroxylation sites is 1. The average molecular weight is 437 g/mol. The maximum Gasteiger partial charge on any atom is 0.265 e. The van der Waals surface area contributed by atoms with Crippen LogP contribution in [0.3, 0.4) is 0 Å². The molecule has 140 valence electrons. The zero-order valence-electron chi connectivity index (χ0n) is 14.8. The second-order valence-corrected chi connectivity index (χ2v) is 6.70. The van der Waals surface area contributed by atoms with E-state index >= 15 is 0 Å². The van der Waals surface area contributed by atoms with Crippen molar-refractivity contribution in [1.29, 1.82) is 0 Å². The van der Waals surface area contributed by atoms with Gasteiger partial charge in [-0.2, -0.15) is 0 Å². The number of rotatable bonds is 6. The molecule has 3 aromatic rings. The summed E-state index contributed by atoms with van der Waals surface area (Å²) in [5, 5.41) is 2.55. The Labute approximate surface area is 171 Å². The SMILES string of the molecule is NC(=O)/C(=C/c1ccc(Oc2ccccc2Br)cc1)NC(=O)c1ccccc1. The van der Waals surface area contributed by atoms with Crippen LogP contribution >= 0.6 is 15.9 Å². The average Bonchev–Trinajstić information content (AvgIpc) is 2.71. The van der Waals surface area contributed by atoms with E-state index in [1.807, 2.05) is 24.3 Å². The van der Waals surface area contributed by atoms with E-state index in [0.29, 0.717) is 22.6 Å². The second-order valence-electron chi connectivity index (χ2n) is 5.84. The molecule has 0 aliphatic heterocycles. The summed E-state index contributed by atoms with van der Waals surface area (Å²) in [6.45, 7) is 0. The summed E-state index contributed by atoms with van der Waals surface area (Å²) in [6, 6.07) is 23.2. The summed E-state index contributed by atoms with van der Waals surface area (Å²) < 4.78 is 6.66. The van der Waals surface area contributed by atoms with E-state index in [-0.39, 0.29) is 5.70 Å². The summed E-state index contributed by atoms with van der Waals surface area (Å²) in [5.74, 6) is 0.203. The van der Waals surface area contributed by atoms with Gasteiger partial charge in [0.05, 0.1) is 4.47 Å². The van der Waals surface area contributed by atoms with Crippen molar-refractivity contribution in [2.24, 2.45) is 5.73 Å². The van der Waals surface area contributed by atoms with E-state index in [9.17, 15) is 9.59 Å². The summed E-state index contributed by atoms with van der Waals surface area (Å²) in [5.41, 5.74) is 6.55. The lowest BCUT2D eigenvalue weighted by Gasteiger charge is -2.09. The zero-order chi connectivity index (χ0) is 19.9. The second kappa shape index (κ2) is 9.01. The number of halogens is 1. The standard InChI is InChI=1S/C22H17BrN2O3/c23-18-8-4-5-9-20(18)28-17-12-10-15(11-13-17)14-19(21(24)26)25-22(27)16-6-2-1-3-7-16/h1-14H,(H2,24,26)(H,25,27)/b19-14-. The van der Waals surface area contributed by atoms with Gasteiger partial charge in [-0.25, -0.2) is 0 Å². The van der Waals surface area contributed by atoms with Crippen LogP contribution in [0.25, 0.3) is 6.08 Å². The molecular formula is C22H17BrN2O3. The number of benzene rings is 3. The topological polar surface area (TPSA) is 81.4 Å². The molecule has 0 aliphatic carbocycles. The predicted molar refractivity (Wildman–Crippen MR) is 112 cm³/mol. The summed E-state index contributed by atoms with van der Waals surface area (Å²) in [7, 11) is 0. The fourth-order valence-corrected chi connectivity index (χ4v) is 2.77. The van der Waals surface area contributed by atoms with Crippen LogP contribution in [0.15, 0.2) is 89.0 Å². The molecule has 0 saturated heterocycles. The molecule has 0 fully saturated rings. The maximum absolute atomic E-state index is 12.3. The highest BCUT2D eigenvalue weighted by Crippen LogP contribution is 2.29. The van der Waals surface area contributed by atoms with Gasteiger partial charge < -0.3 is 15.8 Å². The first-order valence-electron chi connectivity index (χ1n) is 8.43. The lowest BCUT2D eigenvalue weighted by atomic mass is 10.1. The molecule has 2 amide bonds. The monoisotopic (exact) mass is 436 g/mol. The van der Waals surface area contributed by atoms with E-state index in [1.54, 1.807) is 54.6 Å². The van der Waals surface area contributed by atoms with E-state index in [2.05, 4.69) is 21.2 Å². The van der Waals surface area contributed by atoms with Gasteiger partial charge in [0.2, 0.25) is 0 Å². The van der Waals surface area contributed by atoms with Crippen molar-refractivity contribution < 1.29 is 14.3 Å². The molecule has 6 heteroatoms. The highest BCUT2D eigenvalue weighted by atomic mass is 79.9. The van der Waals surface area contributed by atoms with Gasteiger partial charge in [0.15, 0.2) is 0 Å². The summed E-state index contributed by atoms with van der Waals surface area (Å²) in [6.07, 6.45) is 1.52. The van der Waals surface area contributed by atoms with Crippen molar-refractivity contribution in [3.05, 3.63) is 100 Å². The Bertz CT molecular complexity index is 1020. The smallest absolute Gasteiger partial charge is 0.265 e. The Hall–Kier alpha value is -3.38. The van der Waals surface area contributed by atoms with Crippen molar-refractivity contribution in [2.45, 2.75) is 0 Å². The number of amides is 2. The Morgan fingerprint density at radius 3 is 2.18 bits per heavy atom. The quantitative estimate of drug-likeness (QED) is 0.558. The van der Waals surface area contributed by atoms with E-state index in [4.69, 9.17) is 10.5 Å². The molecule has 0 spiro atoms. The number of nitrogens with two attached hydrogens (primary N) is 1. The Morgan fingerprint density at radius 1 is 0.893 bits per heavy atom. The van der Waals surface area contributed by atoms with Gasteiger partial charge in [-0.1, -0.05) is 42.5 Å². The molecule has 3 aromatic carbocycles. The van der Waals surface area contributed by atoms with Crippen LogP contribution < -0.4 is 15.8 Å². The van der Waals surface area contributed by atoms with Gasteiger partial charge in [-0.05, 0) is 64.0 Å². The highest BCUT2D eigenvalue weighted by molar-refractivity contribution is 9.10. The molecule has 0 heterocycles. The molecule has 5 nitrogen and oxygen atoms in total. The largest absolute Gasteiger partial charge is 0.456 e. The number of nitrogens with one attached hydrogen (secondary N) is 1. The van der Waals surface area contributed by atoms with Crippen molar-refractivity contribution in [3.8, 4) is 11.5 Å². The lowest BCUT2D eigenvalue weighted by Crippen LogP contribution is -2.31. The van der Waals surface area contributed by atoms with Crippen LogP contribution in [-0.2, 0) is 4.79 Å². The first-order chi connectivity index (χ1) is 13.5. The lowest BCUT2D eigenvalue weighted by molar-refractivity contribution is -0.114. The van der Waals surface area contributed by atoms with Crippen LogP contribution in [0.5, 0.6) is 11.5 Å². The van der Waals surface area contributed by atoms with Crippen LogP contribution in [0.2, 0.25) is 0 Å². The number of primary amides is 1. The molecule has 0 radical (unpaired) electrons. The number of hydrogen-bond donors (Lipinski definition) is 2. The molecule has 0 atom stereocenters. The fraction of sp³-hybridized carbons (Fsp3) is 0. The third-order valence-electron chi connectivity index (χ3n) is 3.81. The van der Waals surface area contributed by atoms with Crippen LogP contribution in [-0.4, -0.2) is 11.8 Å². The van der Waals surface area contributed by atoms with Crippen molar-refractivity contribution in [3.63, 3.8) is 0 Å². The van der Waals surface area contributed by atoms with Gasteiger partial charge in [-0.15, -0.1) is 0 Å². The number of carbonyl (C=O) groups excluding carboxylic acids is 2. The minimum atomic E-state index is -0.724. The Balaban J connectivity index is 1.75. The van der Waals surface area contributed by atoms with Crippen LogP contribution in [0.1, 0.15) is 15.9 Å². The third kappa shape index (κ3) is 5.08. The van der Waals surface area contributed by atoms with Gasteiger partial charge in [-0.3, -0.25) is 9.59 Å². The molecular weight excluding hydrogens is 420 g/mol. The molecule has 3 N–H and O–H groups in total. The minimum absolute atomic E-state index is 0.00771. The zero-order valence-corrected chi connectivity index (χ0v) is 16.3. The predicted octanol–water partition coefficient (Wildman–Crippen LogP) is 4.50. The minimum Gasteiger partial charge on any atom is -0.456 e. The summed E-state index contributed by atoms with van der Waals surface area (Å²) >= 11 is 3.43. The molecule has 28 heavy (non-hydrogen) atoms. The van der Waals surface area contributed by atoms with E-state index < -0.39 is 11.8 Å². The normalized spacial score (nSPS) is 11.0. The van der Waals surface area contributed by atoms with Gasteiger partial charge in [0.25, 0.3) is 11.8 Å². The number of carbonyl (C=O) groups is 2. The van der Waals surface area contributed by atoms with Crippen molar-refractivity contribution >= 4 is 33.8 Å². The van der Waals surface area contributed by atoms with Gasteiger partial charge >= 0.3 is 0 Å². The van der Waals surface area contributed by atoms with Crippen LogP contribution in [0.4, 0.5) is 0 Å². The highest BCUT2D eigenvalue weighted by Gasteiger charge is 2.11. The van der Waals surface area contributed by atoms with Gasteiger partial charge in [0, 0.05) is 5.56 Å². The number of ether oxygens (including phenoxy) is 1. The third-order valence-corrected chi connectivity index (χ3v) is 4.46. The first-order valence-corrected chi connectivity index (χ1v) is 9.22. The molecule has 0 bridgehead atoms. The van der Waals surface area contributed by atoms with Crippen molar-refractivity contribution in [1.82, 2.24) is 5.32 Å². The Morgan fingerprint density at radius 2 is 1.54 bits per heavy atom. The molecule has 0 aliphatic rings. The van der Waals surface area contributed by atoms with E-state index in [0.717, 1.165) is 4.47 Å². The summed E-state index contributed by atoms with van der Waals surface area (Å²) in [4.78, 5) is 24.0. The molecule has 0 aromatic heterocycles. The Kier molecular flexibility index (Phi) is 6.24. The maximum atomic E-state index is 12.3. The van der Waals surface area contributed by atoms with Crippen LogP contribution in [0, 0.1) is 0 Å². The fourth-order valence-electron chi connectivity index (χ4n) is 2.41. The first kappa shape index (κ1) is 19.4. The van der Waals surface area contributed by atoms with E-state index in [1.165, 1.54) is 6.08 Å². The van der Waals surface area contributed by atoms with Gasteiger partial charge in [0.1, 0.15) is 17.2 Å². The molecule has 0 saturated carbocycles.